The van der Waals surface area contributed by atoms with Crippen molar-refractivity contribution in [2.24, 2.45) is 0 Å². The monoisotopic (exact) mass is 293 g/mol. The van der Waals surface area contributed by atoms with Crippen LogP contribution in [0, 0.1) is 6.92 Å². The second-order valence-corrected chi connectivity index (χ2v) is 7.63. The average molecular weight is 293 g/mol. The van der Waals surface area contributed by atoms with Gasteiger partial charge in [-0.1, -0.05) is 18.2 Å². The third-order valence-electron chi connectivity index (χ3n) is 3.88. The highest BCUT2D eigenvalue weighted by Crippen LogP contribution is 2.42. The van der Waals surface area contributed by atoms with Crippen LogP contribution in [0.1, 0.15) is 35.9 Å². The Kier molecular flexibility index (Phi) is 2.69. The Hall–Kier alpha value is -1.82. The van der Waals surface area contributed by atoms with Crippen LogP contribution in [0.4, 0.5) is 0 Å². The minimum absolute atomic E-state index is 0.0547. The van der Waals surface area contributed by atoms with Crippen molar-refractivity contribution < 1.29 is 17.6 Å². The van der Waals surface area contributed by atoms with Crippen LogP contribution < -0.4 is 4.72 Å². The summed E-state index contributed by atoms with van der Waals surface area (Å²) < 4.78 is 30.9. The van der Waals surface area contributed by atoms with Gasteiger partial charge in [-0.15, -0.1) is 0 Å². The Bertz CT molecular complexity index is 800. The van der Waals surface area contributed by atoms with Crippen LogP contribution in [-0.2, 0) is 10.0 Å². The summed E-state index contributed by atoms with van der Waals surface area (Å²) in [5.41, 5.74) is 1.22. The summed E-state index contributed by atoms with van der Waals surface area (Å²) in [6.45, 7) is 3.38. The molecule has 106 valence electrons. The average Bonchev–Trinajstić information content (AvgIpc) is 3.06. The highest BCUT2D eigenvalue weighted by atomic mass is 32.2. The van der Waals surface area contributed by atoms with E-state index in [1.807, 2.05) is 12.1 Å². The van der Waals surface area contributed by atoms with Crippen LogP contribution in [-0.4, -0.2) is 19.1 Å². The normalized spacial score (nSPS) is 17.1. The number of benzene rings is 1. The smallest absolute Gasteiger partial charge is 0.300 e. The first-order chi connectivity index (χ1) is 9.34. The van der Waals surface area contributed by atoms with E-state index in [0.29, 0.717) is 24.0 Å². The van der Waals surface area contributed by atoms with Gasteiger partial charge in [0.1, 0.15) is 5.58 Å². The summed E-state index contributed by atoms with van der Waals surface area (Å²) in [5.74, 6) is -0.647. The number of furan rings is 1. The van der Waals surface area contributed by atoms with E-state index >= 15 is 0 Å². The summed E-state index contributed by atoms with van der Waals surface area (Å²) in [6.07, 6.45) is 1.16. The zero-order valence-electron chi connectivity index (χ0n) is 11.3. The molecule has 1 heterocycles. The highest BCUT2D eigenvalue weighted by molar-refractivity contribution is 7.91. The molecule has 0 spiro atoms. The highest BCUT2D eigenvalue weighted by Gasteiger charge is 2.51. The molecule has 1 aliphatic rings. The van der Waals surface area contributed by atoms with Crippen LogP contribution in [0.2, 0.25) is 0 Å². The van der Waals surface area contributed by atoms with Gasteiger partial charge in [0.25, 0.3) is 0 Å². The van der Waals surface area contributed by atoms with E-state index in [-0.39, 0.29) is 5.76 Å². The molecule has 20 heavy (non-hydrogen) atoms. The number of sulfonamides is 1. The number of carbonyl (C=O) groups is 1. The van der Waals surface area contributed by atoms with Gasteiger partial charge in [-0.2, -0.15) is 0 Å². The van der Waals surface area contributed by atoms with Crippen LogP contribution in [0.3, 0.4) is 0 Å². The first-order valence-electron chi connectivity index (χ1n) is 6.39. The van der Waals surface area contributed by atoms with E-state index in [2.05, 4.69) is 4.72 Å². The summed E-state index contributed by atoms with van der Waals surface area (Å²) in [5, 5.41) is 0.813. The van der Waals surface area contributed by atoms with E-state index in [1.54, 1.807) is 26.0 Å². The number of carbonyl (C=O) groups excluding carboxylic acids is 1. The van der Waals surface area contributed by atoms with Crippen molar-refractivity contribution in [1.82, 2.24) is 4.72 Å². The fraction of sp³-hybridized carbons (Fsp3) is 0.357. The van der Waals surface area contributed by atoms with Crippen molar-refractivity contribution in [2.75, 3.05) is 0 Å². The van der Waals surface area contributed by atoms with E-state index in [0.717, 1.165) is 5.39 Å². The number of hydrogen-bond acceptors (Lipinski definition) is 4. The summed E-state index contributed by atoms with van der Waals surface area (Å²) in [6, 6.07) is 7.22. The van der Waals surface area contributed by atoms with Gasteiger partial charge >= 0.3 is 5.91 Å². The van der Waals surface area contributed by atoms with Crippen molar-refractivity contribution in [3.8, 4) is 0 Å². The molecule has 1 saturated carbocycles. The number of amides is 1. The zero-order valence-corrected chi connectivity index (χ0v) is 12.1. The van der Waals surface area contributed by atoms with E-state index in [4.69, 9.17) is 4.42 Å². The van der Waals surface area contributed by atoms with Crippen LogP contribution in [0.5, 0.6) is 0 Å². The molecule has 3 rings (SSSR count). The van der Waals surface area contributed by atoms with Crippen molar-refractivity contribution in [3.05, 3.63) is 35.6 Å². The number of hydrogen-bond donors (Lipinski definition) is 1. The number of nitrogens with one attached hydrogen (secondary N) is 1. The number of rotatable bonds is 3. The molecule has 2 aromatic rings. The Morgan fingerprint density at radius 3 is 2.55 bits per heavy atom. The molecule has 1 aromatic heterocycles. The van der Waals surface area contributed by atoms with Gasteiger partial charge in [0.15, 0.2) is 5.76 Å². The maximum absolute atomic E-state index is 12.1. The summed E-state index contributed by atoms with van der Waals surface area (Å²) >= 11 is 0. The predicted octanol–water partition coefficient (Wildman–Crippen LogP) is 2.35. The van der Waals surface area contributed by atoms with E-state index in [9.17, 15) is 13.2 Å². The third-order valence-corrected chi connectivity index (χ3v) is 6.04. The van der Waals surface area contributed by atoms with Gasteiger partial charge in [-0.05, 0) is 32.8 Å². The molecule has 0 radical (unpaired) electrons. The third kappa shape index (κ3) is 1.91. The Labute approximate surface area is 117 Å². The lowest BCUT2D eigenvalue weighted by Gasteiger charge is -2.10. The summed E-state index contributed by atoms with van der Waals surface area (Å²) in [4.78, 5) is 12.1. The Morgan fingerprint density at radius 2 is 1.95 bits per heavy atom. The molecule has 0 bridgehead atoms. The molecule has 0 aliphatic heterocycles. The van der Waals surface area contributed by atoms with Gasteiger partial charge < -0.3 is 4.42 Å². The van der Waals surface area contributed by atoms with Gasteiger partial charge in [0.2, 0.25) is 10.0 Å². The first-order valence-corrected chi connectivity index (χ1v) is 7.87. The molecule has 0 atom stereocenters. The molecule has 1 N–H and O–H groups in total. The number of aryl methyl sites for hydroxylation is 1. The van der Waals surface area contributed by atoms with E-state index in [1.165, 1.54) is 0 Å². The first kappa shape index (κ1) is 13.2. The molecular formula is C14H15NO4S. The van der Waals surface area contributed by atoms with Crippen LogP contribution in [0.25, 0.3) is 11.0 Å². The van der Waals surface area contributed by atoms with Crippen LogP contribution >= 0.6 is 0 Å². The second-order valence-electron chi connectivity index (χ2n) is 5.44. The number of para-hydroxylation sites is 1. The molecular weight excluding hydrogens is 278 g/mol. The van der Waals surface area contributed by atoms with Gasteiger partial charge in [-0.25, -0.2) is 13.1 Å². The molecule has 1 fully saturated rings. The molecule has 0 unspecified atom stereocenters. The van der Waals surface area contributed by atoms with Crippen molar-refractivity contribution in [2.45, 2.75) is 31.4 Å². The molecule has 1 aromatic carbocycles. The maximum atomic E-state index is 12.1. The molecule has 1 aliphatic carbocycles. The largest absolute Gasteiger partial charge is 0.451 e. The quantitative estimate of drug-likeness (QED) is 0.942. The molecule has 1 amide bonds. The molecule has 6 heteroatoms. The summed E-state index contributed by atoms with van der Waals surface area (Å²) in [7, 11) is -3.65. The Balaban J connectivity index is 1.95. The minimum Gasteiger partial charge on any atom is -0.451 e. The fourth-order valence-corrected chi connectivity index (χ4v) is 3.35. The topological polar surface area (TPSA) is 76.4 Å². The number of fused-ring (bicyclic) bond motifs is 1. The molecule has 0 saturated heterocycles. The predicted molar refractivity (Wildman–Crippen MR) is 75.0 cm³/mol. The lowest BCUT2D eigenvalue weighted by Crippen LogP contribution is -2.38. The maximum Gasteiger partial charge on any atom is 0.300 e. The fourth-order valence-electron chi connectivity index (χ4n) is 2.13. The lowest BCUT2D eigenvalue weighted by molar-refractivity contribution is 0.0955. The van der Waals surface area contributed by atoms with E-state index < -0.39 is 20.7 Å². The van der Waals surface area contributed by atoms with Crippen molar-refractivity contribution in [3.63, 3.8) is 0 Å². The SMILES string of the molecule is Cc1c(C(=O)NS(=O)(=O)C2(C)CC2)oc2ccccc12. The van der Waals surface area contributed by atoms with Crippen LogP contribution in [0.15, 0.2) is 28.7 Å². The van der Waals surface area contributed by atoms with Gasteiger partial charge in [0.05, 0.1) is 4.75 Å². The van der Waals surface area contributed by atoms with Crippen molar-refractivity contribution in [1.29, 1.82) is 0 Å². The second kappa shape index (κ2) is 4.09. The Morgan fingerprint density at radius 1 is 1.30 bits per heavy atom. The molecule has 5 nitrogen and oxygen atoms in total. The van der Waals surface area contributed by atoms with Gasteiger partial charge in [-0.3, -0.25) is 4.79 Å². The zero-order chi connectivity index (χ0) is 14.5. The lowest BCUT2D eigenvalue weighted by atomic mass is 10.1. The van der Waals surface area contributed by atoms with Crippen molar-refractivity contribution >= 4 is 26.9 Å². The minimum atomic E-state index is -3.65. The van der Waals surface area contributed by atoms with Gasteiger partial charge in [0, 0.05) is 10.9 Å². The standard InChI is InChI=1S/C14H15NO4S/c1-9-10-5-3-4-6-11(10)19-12(9)13(16)15-20(17,18)14(2)7-8-14/h3-6H,7-8H2,1-2H3,(H,15,16).